The smallest absolute Gasteiger partial charge is 0.326 e. The molecule has 0 aromatic heterocycles. The highest BCUT2D eigenvalue weighted by Crippen LogP contribution is 2.32. The van der Waals surface area contributed by atoms with E-state index >= 15 is 0 Å². The number of nitrogens with one attached hydrogen (secondary N) is 2. The van der Waals surface area contributed by atoms with Gasteiger partial charge in [0.25, 0.3) is 0 Å². The highest BCUT2D eigenvalue weighted by Gasteiger charge is 2.37. The molecule has 2 amide bonds. The van der Waals surface area contributed by atoms with E-state index in [4.69, 9.17) is 5.11 Å². The second kappa shape index (κ2) is 8.24. The molecule has 0 bridgehead atoms. The van der Waals surface area contributed by atoms with E-state index in [1.54, 1.807) is 0 Å². The molecule has 1 aliphatic rings. The van der Waals surface area contributed by atoms with Gasteiger partial charge in [0.2, 0.25) is 0 Å². The van der Waals surface area contributed by atoms with Crippen molar-refractivity contribution in [1.82, 2.24) is 10.6 Å². The number of urea groups is 1. The van der Waals surface area contributed by atoms with Crippen molar-refractivity contribution in [3.63, 3.8) is 0 Å². The average Bonchev–Trinajstić information content (AvgIpc) is 3.14. The minimum Gasteiger partial charge on any atom is -0.480 e. The summed E-state index contributed by atoms with van der Waals surface area (Å²) in [5.41, 5.74) is 0. The summed E-state index contributed by atoms with van der Waals surface area (Å²) in [4.78, 5) is 22.4. The Labute approximate surface area is 112 Å². The van der Waals surface area contributed by atoms with Gasteiger partial charge in [-0.15, -0.1) is 0 Å². The summed E-state index contributed by atoms with van der Waals surface area (Å²) in [6.07, 6.45) is 7.05. The minimum atomic E-state index is -0.937. The van der Waals surface area contributed by atoms with Gasteiger partial charge in [0.1, 0.15) is 6.04 Å². The number of unbranched alkanes of at least 4 members (excludes halogenated alkanes) is 2. The molecule has 1 rings (SSSR count). The number of carbonyl (C=O) groups excluding carboxylic acids is 1. The molecule has 1 saturated carbocycles. The zero-order valence-electron chi connectivity index (χ0n) is 10.8. The van der Waals surface area contributed by atoms with E-state index in [1.165, 1.54) is 0 Å². The largest absolute Gasteiger partial charge is 0.480 e. The standard InChI is InChI=1S/C12H22N2O3S/c1-18-8-4-2-3-7-13-12(17)14-10(11(15)16)9-5-6-9/h9-10H,2-8H2,1H3,(H,15,16)(H2,13,14,17). The van der Waals surface area contributed by atoms with Crippen LogP contribution >= 0.6 is 11.8 Å². The molecule has 0 aliphatic heterocycles. The van der Waals surface area contributed by atoms with Gasteiger partial charge >= 0.3 is 12.0 Å². The molecule has 104 valence electrons. The Kier molecular flexibility index (Phi) is 6.93. The highest BCUT2D eigenvalue weighted by atomic mass is 32.2. The molecule has 5 nitrogen and oxygen atoms in total. The maximum Gasteiger partial charge on any atom is 0.326 e. The van der Waals surface area contributed by atoms with Gasteiger partial charge in [0.15, 0.2) is 0 Å². The third kappa shape index (κ3) is 6.14. The monoisotopic (exact) mass is 274 g/mol. The van der Waals surface area contributed by atoms with Crippen molar-refractivity contribution >= 4 is 23.8 Å². The molecule has 18 heavy (non-hydrogen) atoms. The summed E-state index contributed by atoms with van der Waals surface area (Å²) in [5.74, 6) is 0.331. The van der Waals surface area contributed by atoms with Crippen molar-refractivity contribution in [2.24, 2.45) is 5.92 Å². The molecular weight excluding hydrogens is 252 g/mol. The van der Waals surface area contributed by atoms with Crippen molar-refractivity contribution < 1.29 is 14.7 Å². The predicted octanol–water partition coefficient (Wildman–Crippen LogP) is 1.68. The van der Waals surface area contributed by atoms with E-state index < -0.39 is 12.0 Å². The maximum absolute atomic E-state index is 11.5. The average molecular weight is 274 g/mol. The van der Waals surface area contributed by atoms with Gasteiger partial charge in [0.05, 0.1) is 0 Å². The zero-order chi connectivity index (χ0) is 13.4. The van der Waals surface area contributed by atoms with Gasteiger partial charge in [0, 0.05) is 6.54 Å². The topological polar surface area (TPSA) is 78.4 Å². The third-order valence-electron chi connectivity index (χ3n) is 2.96. The lowest BCUT2D eigenvalue weighted by molar-refractivity contribution is -0.139. The lowest BCUT2D eigenvalue weighted by atomic mass is 10.2. The Bertz CT molecular complexity index is 282. The quantitative estimate of drug-likeness (QED) is 0.559. The summed E-state index contributed by atoms with van der Waals surface area (Å²) in [6, 6.07) is -1.08. The Morgan fingerprint density at radius 1 is 1.33 bits per heavy atom. The highest BCUT2D eigenvalue weighted by molar-refractivity contribution is 7.98. The van der Waals surface area contributed by atoms with Crippen LogP contribution in [-0.2, 0) is 4.79 Å². The van der Waals surface area contributed by atoms with Crippen molar-refractivity contribution in [3.05, 3.63) is 0 Å². The predicted molar refractivity (Wildman–Crippen MR) is 72.9 cm³/mol. The molecule has 1 unspecified atom stereocenters. The van der Waals surface area contributed by atoms with Crippen LogP contribution in [0.2, 0.25) is 0 Å². The second-order valence-corrected chi connectivity index (χ2v) is 5.59. The molecule has 1 aliphatic carbocycles. The fourth-order valence-corrected chi connectivity index (χ4v) is 2.25. The van der Waals surface area contributed by atoms with Gasteiger partial charge in [-0.05, 0) is 43.6 Å². The van der Waals surface area contributed by atoms with Crippen molar-refractivity contribution in [2.45, 2.75) is 38.1 Å². The van der Waals surface area contributed by atoms with E-state index in [9.17, 15) is 9.59 Å². The fourth-order valence-electron chi connectivity index (χ4n) is 1.75. The minimum absolute atomic E-state index is 0.120. The molecule has 0 aromatic rings. The number of carboxylic acids is 1. The molecular formula is C12H22N2O3S. The van der Waals surface area contributed by atoms with Crippen molar-refractivity contribution in [3.8, 4) is 0 Å². The van der Waals surface area contributed by atoms with Crippen LogP contribution in [0.15, 0.2) is 0 Å². The van der Waals surface area contributed by atoms with Crippen LogP contribution in [0.4, 0.5) is 4.79 Å². The summed E-state index contributed by atoms with van der Waals surface area (Å²) in [5, 5.41) is 14.2. The summed E-state index contributed by atoms with van der Waals surface area (Å²) in [7, 11) is 0. The van der Waals surface area contributed by atoms with Gasteiger partial charge in [-0.2, -0.15) is 11.8 Å². The first-order valence-electron chi connectivity index (χ1n) is 6.41. The molecule has 0 spiro atoms. The van der Waals surface area contributed by atoms with E-state index in [0.717, 1.165) is 37.9 Å². The van der Waals surface area contributed by atoms with Gasteiger partial charge in [-0.1, -0.05) is 6.42 Å². The third-order valence-corrected chi connectivity index (χ3v) is 3.65. The second-order valence-electron chi connectivity index (χ2n) is 4.61. The van der Waals surface area contributed by atoms with Crippen LogP contribution in [0.1, 0.15) is 32.1 Å². The number of hydrogen-bond donors (Lipinski definition) is 3. The summed E-state index contributed by atoms with van der Waals surface area (Å²) in [6.45, 7) is 0.608. The number of hydrogen-bond acceptors (Lipinski definition) is 3. The number of carboxylic acid groups (broad SMARTS) is 1. The van der Waals surface area contributed by atoms with Crippen LogP contribution < -0.4 is 10.6 Å². The molecule has 3 N–H and O–H groups in total. The lowest BCUT2D eigenvalue weighted by Gasteiger charge is -2.14. The molecule has 1 atom stereocenters. The normalized spacial score (nSPS) is 16.1. The van der Waals surface area contributed by atoms with E-state index in [0.29, 0.717) is 6.54 Å². The molecule has 1 fully saturated rings. The first-order chi connectivity index (χ1) is 8.65. The van der Waals surface area contributed by atoms with Crippen LogP contribution in [0.3, 0.4) is 0 Å². The van der Waals surface area contributed by atoms with Crippen LogP contribution in [0, 0.1) is 5.92 Å². The first-order valence-corrected chi connectivity index (χ1v) is 7.80. The van der Waals surface area contributed by atoms with Crippen LogP contribution in [-0.4, -0.2) is 41.7 Å². The van der Waals surface area contributed by atoms with E-state index in [-0.39, 0.29) is 11.9 Å². The van der Waals surface area contributed by atoms with Crippen molar-refractivity contribution in [2.75, 3.05) is 18.6 Å². The molecule has 0 radical (unpaired) electrons. The SMILES string of the molecule is CSCCCCCNC(=O)NC(C(=O)O)C1CC1. The van der Waals surface area contributed by atoms with E-state index in [1.807, 2.05) is 11.8 Å². The number of rotatable bonds is 9. The Morgan fingerprint density at radius 3 is 2.61 bits per heavy atom. The number of aliphatic carboxylic acids is 1. The summed E-state index contributed by atoms with van der Waals surface area (Å²) >= 11 is 1.82. The van der Waals surface area contributed by atoms with Crippen LogP contribution in [0.25, 0.3) is 0 Å². The molecule has 0 heterocycles. The molecule has 0 aromatic carbocycles. The summed E-state index contributed by atoms with van der Waals surface area (Å²) < 4.78 is 0. The Morgan fingerprint density at radius 2 is 2.06 bits per heavy atom. The van der Waals surface area contributed by atoms with Crippen molar-refractivity contribution in [1.29, 1.82) is 0 Å². The van der Waals surface area contributed by atoms with Gasteiger partial charge in [-0.25, -0.2) is 9.59 Å². The zero-order valence-corrected chi connectivity index (χ0v) is 11.6. The van der Waals surface area contributed by atoms with Gasteiger partial charge < -0.3 is 15.7 Å². The lowest BCUT2D eigenvalue weighted by Crippen LogP contribution is -2.47. The molecule has 0 saturated heterocycles. The fraction of sp³-hybridized carbons (Fsp3) is 0.833. The number of thioether (sulfide) groups is 1. The van der Waals surface area contributed by atoms with Gasteiger partial charge in [-0.3, -0.25) is 0 Å². The number of amides is 2. The first kappa shape index (κ1) is 15.1. The Hall–Kier alpha value is -0.910. The molecule has 6 heteroatoms. The van der Waals surface area contributed by atoms with E-state index in [2.05, 4.69) is 16.9 Å². The Balaban J connectivity index is 2.07. The number of carbonyl (C=O) groups is 2. The maximum atomic E-state index is 11.5. The van der Waals surface area contributed by atoms with Crippen LogP contribution in [0.5, 0.6) is 0 Å².